The van der Waals surface area contributed by atoms with E-state index in [1.54, 1.807) is 11.1 Å². The van der Waals surface area contributed by atoms with Gasteiger partial charge in [0.05, 0.1) is 0 Å². The second-order valence-electron chi connectivity index (χ2n) is 11.7. The van der Waals surface area contributed by atoms with Crippen LogP contribution < -0.4 is 4.57 Å². The lowest BCUT2D eigenvalue weighted by Crippen LogP contribution is -2.43. The summed E-state index contributed by atoms with van der Waals surface area (Å²) < 4.78 is 2.77. The summed E-state index contributed by atoms with van der Waals surface area (Å²) in [6, 6.07) is 29.7. The summed E-state index contributed by atoms with van der Waals surface area (Å²) in [7, 11) is 0. The normalized spacial score (nSPS) is 13.4. The first-order valence-electron chi connectivity index (χ1n) is 15.7. The number of unbranched alkanes of at least 4 members (excludes halogenated alkanes) is 8. The van der Waals surface area contributed by atoms with E-state index < -0.39 is 0 Å². The highest BCUT2D eigenvalue weighted by atomic mass is 15.0. The van der Waals surface area contributed by atoms with Gasteiger partial charge in [0, 0.05) is 34.2 Å². The van der Waals surface area contributed by atoms with Crippen molar-refractivity contribution in [2.75, 3.05) is 0 Å². The molecule has 1 aromatic heterocycles. The van der Waals surface area contributed by atoms with E-state index in [1.807, 2.05) is 0 Å². The molecular formula is C38H44N+. The molecule has 3 aromatic carbocycles. The first-order valence-corrected chi connectivity index (χ1v) is 15.7. The molecule has 0 spiro atoms. The van der Waals surface area contributed by atoms with Crippen molar-refractivity contribution in [1.82, 2.24) is 0 Å². The molecule has 0 fully saturated rings. The Morgan fingerprint density at radius 3 is 1.56 bits per heavy atom. The quantitative estimate of drug-likeness (QED) is 0.138. The van der Waals surface area contributed by atoms with E-state index in [0.717, 1.165) is 32.2 Å². The first kappa shape index (κ1) is 26.1. The standard InChI is InChI=1S/C38H44N/c1-2-3-4-5-6-7-8-9-17-28-39-37-32-22-15-13-18-29(32)24-26-34(37)36(31-20-11-10-12-21-31)35-27-25-30-19-14-16-23-33(30)38(35)39/h10-16,18-23H,2-9,17,24-28H2,1H3/q+1. The minimum absolute atomic E-state index is 1.11. The van der Waals surface area contributed by atoms with E-state index in [0.29, 0.717) is 0 Å². The Kier molecular flexibility index (Phi) is 8.24. The van der Waals surface area contributed by atoms with Crippen LogP contribution in [0.15, 0.2) is 78.9 Å². The molecule has 4 aromatic rings. The van der Waals surface area contributed by atoms with Crippen LogP contribution >= 0.6 is 0 Å². The number of benzene rings is 3. The Balaban J connectivity index is 1.43. The van der Waals surface area contributed by atoms with E-state index in [1.165, 1.54) is 103 Å². The molecule has 0 N–H and O–H groups in total. The molecule has 0 saturated heterocycles. The molecule has 0 atom stereocenters. The van der Waals surface area contributed by atoms with Crippen LogP contribution in [-0.4, -0.2) is 0 Å². The van der Waals surface area contributed by atoms with Crippen molar-refractivity contribution >= 4 is 0 Å². The SMILES string of the molecule is CCCCCCCCCCC[n+]1c2c(c(-c3ccccc3)c3c1-c1ccccc1CC3)CCc1ccccc1-2. The van der Waals surface area contributed by atoms with Gasteiger partial charge in [0.2, 0.25) is 11.4 Å². The summed E-state index contributed by atoms with van der Waals surface area (Å²) >= 11 is 0. The lowest BCUT2D eigenvalue weighted by Gasteiger charge is -2.28. The first-order chi connectivity index (χ1) is 19.4. The highest BCUT2D eigenvalue weighted by molar-refractivity contribution is 5.85. The average Bonchev–Trinajstić information content (AvgIpc) is 2.99. The van der Waals surface area contributed by atoms with E-state index in [9.17, 15) is 0 Å². The van der Waals surface area contributed by atoms with Gasteiger partial charge in [-0.05, 0) is 60.9 Å². The topological polar surface area (TPSA) is 3.88 Å². The minimum atomic E-state index is 1.11. The van der Waals surface area contributed by atoms with Crippen LogP contribution in [0, 0.1) is 0 Å². The van der Waals surface area contributed by atoms with Crippen LogP contribution in [0.4, 0.5) is 0 Å². The summed E-state index contributed by atoms with van der Waals surface area (Å²) in [5, 5.41) is 0. The number of aryl methyl sites for hydroxylation is 2. The molecule has 0 saturated carbocycles. The zero-order chi connectivity index (χ0) is 26.4. The van der Waals surface area contributed by atoms with Crippen LogP contribution in [0.25, 0.3) is 33.6 Å². The summed E-state index contributed by atoms with van der Waals surface area (Å²) in [6.45, 7) is 3.41. The van der Waals surface area contributed by atoms with E-state index in [-0.39, 0.29) is 0 Å². The summed E-state index contributed by atoms with van der Waals surface area (Å²) in [5.74, 6) is 0. The minimum Gasteiger partial charge on any atom is -0.191 e. The molecular weight excluding hydrogens is 470 g/mol. The zero-order valence-electron chi connectivity index (χ0n) is 23.9. The third-order valence-electron chi connectivity index (χ3n) is 9.10. The smallest absolute Gasteiger partial charge is 0.191 e. The van der Waals surface area contributed by atoms with Gasteiger partial charge in [-0.1, -0.05) is 119 Å². The second kappa shape index (κ2) is 12.3. The van der Waals surface area contributed by atoms with E-state index >= 15 is 0 Å². The van der Waals surface area contributed by atoms with Crippen molar-refractivity contribution in [1.29, 1.82) is 0 Å². The van der Waals surface area contributed by atoms with Crippen LogP contribution in [-0.2, 0) is 32.2 Å². The average molecular weight is 515 g/mol. The lowest BCUT2D eigenvalue weighted by atomic mass is 9.77. The van der Waals surface area contributed by atoms with E-state index in [4.69, 9.17) is 0 Å². The number of hydrogen-bond acceptors (Lipinski definition) is 0. The number of pyridine rings is 1. The Labute approximate surface area is 235 Å². The number of fused-ring (bicyclic) bond motifs is 6. The number of hydrogen-bond donors (Lipinski definition) is 0. The number of nitrogens with zero attached hydrogens (tertiary/aromatic N) is 1. The highest BCUT2D eigenvalue weighted by Crippen LogP contribution is 2.44. The van der Waals surface area contributed by atoms with E-state index in [2.05, 4.69) is 90.4 Å². The maximum Gasteiger partial charge on any atom is 0.217 e. The van der Waals surface area contributed by atoms with Crippen LogP contribution in [0.3, 0.4) is 0 Å². The van der Waals surface area contributed by atoms with Crippen molar-refractivity contribution in [3.05, 3.63) is 101 Å². The summed E-state index contributed by atoms with van der Waals surface area (Å²) in [4.78, 5) is 0. The molecule has 39 heavy (non-hydrogen) atoms. The Morgan fingerprint density at radius 1 is 0.513 bits per heavy atom. The maximum atomic E-state index is 2.77. The van der Waals surface area contributed by atoms with Crippen molar-refractivity contribution in [3.8, 4) is 33.6 Å². The molecule has 1 heteroatoms. The van der Waals surface area contributed by atoms with Gasteiger partial charge in [0.15, 0.2) is 0 Å². The van der Waals surface area contributed by atoms with Crippen LogP contribution in [0.5, 0.6) is 0 Å². The third kappa shape index (κ3) is 5.33. The lowest BCUT2D eigenvalue weighted by molar-refractivity contribution is -0.676. The summed E-state index contributed by atoms with van der Waals surface area (Å²) in [5.41, 5.74) is 15.0. The molecule has 1 nitrogen and oxygen atoms in total. The maximum absolute atomic E-state index is 2.77. The largest absolute Gasteiger partial charge is 0.217 e. The fourth-order valence-electron chi connectivity index (χ4n) is 7.17. The zero-order valence-corrected chi connectivity index (χ0v) is 23.9. The van der Waals surface area contributed by atoms with Crippen LogP contribution in [0.2, 0.25) is 0 Å². The van der Waals surface area contributed by atoms with Gasteiger partial charge in [0.25, 0.3) is 0 Å². The van der Waals surface area contributed by atoms with Gasteiger partial charge in [-0.2, -0.15) is 4.57 Å². The molecule has 6 rings (SSSR count). The highest BCUT2D eigenvalue weighted by Gasteiger charge is 2.37. The molecule has 0 unspecified atom stereocenters. The number of rotatable bonds is 11. The fourth-order valence-corrected chi connectivity index (χ4v) is 7.17. The molecule has 0 radical (unpaired) electrons. The van der Waals surface area contributed by atoms with Crippen molar-refractivity contribution < 1.29 is 4.57 Å². The Hall–Kier alpha value is -3.19. The predicted octanol–water partition coefficient (Wildman–Crippen LogP) is 9.70. The van der Waals surface area contributed by atoms with Gasteiger partial charge >= 0.3 is 0 Å². The molecule has 0 bridgehead atoms. The van der Waals surface area contributed by atoms with Gasteiger partial charge in [-0.15, -0.1) is 0 Å². The molecule has 0 amide bonds. The Bertz CT molecular complexity index is 1340. The molecule has 1 heterocycles. The summed E-state index contributed by atoms with van der Waals surface area (Å²) in [6.07, 6.45) is 16.8. The molecule has 2 aliphatic carbocycles. The predicted molar refractivity (Wildman–Crippen MR) is 165 cm³/mol. The fraction of sp³-hybridized carbons (Fsp3) is 0.395. The molecule has 200 valence electrons. The van der Waals surface area contributed by atoms with Gasteiger partial charge < -0.3 is 0 Å². The van der Waals surface area contributed by atoms with Crippen molar-refractivity contribution in [2.45, 2.75) is 96.9 Å². The van der Waals surface area contributed by atoms with Gasteiger partial charge in [0.1, 0.15) is 6.54 Å². The molecule has 2 aliphatic rings. The number of aromatic nitrogens is 1. The van der Waals surface area contributed by atoms with Crippen LogP contribution in [0.1, 0.15) is 87.0 Å². The Morgan fingerprint density at radius 2 is 1.00 bits per heavy atom. The second-order valence-corrected chi connectivity index (χ2v) is 11.7. The van der Waals surface area contributed by atoms with Crippen molar-refractivity contribution in [2.24, 2.45) is 0 Å². The van der Waals surface area contributed by atoms with Gasteiger partial charge in [-0.3, -0.25) is 0 Å². The van der Waals surface area contributed by atoms with Gasteiger partial charge in [-0.25, -0.2) is 0 Å². The monoisotopic (exact) mass is 514 g/mol. The third-order valence-corrected chi connectivity index (χ3v) is 9.10. The molecule has 0 aliphatic heterocycles. The van der Waals surface area contributed by atoms with Crippen molar-refractivity contribution in [3.63, 3.8) is 0 Å².